The van der Waals surface area contributed by atoms with Crippen LogP contribution in [0.3, 0.4) is 0 Å². The minimum absolute atomic E-state index is 0. The molecule has 1 aromatic heterocycles. The highest BCUT2D eigenvalue weighted by atomic mass is 35.5. The summed E-state index contributed by atoms with van der Waals surface area (Å²) in [5.74, 6) is -0.144. The van der Waals surface area contributed by atoms with Crippen LogP contribution >= 0.6 is 36.2 Å². The van der Waals surface area contributed by atoms with E-state index >= 15 is 0 Å². The molecular formula is C22H30Cl2N4O2S. The van der Waals surface area contributed by atoms with Crippen molar-refractivity contribution in [2.45, 2.75) is 0 Å². The molecule has 3 aromatic rings. The molecule has 2 N–H and O–H groups in total. The van der Waals surface area contributed by atoms with Gasteiger partial charge in [-0.15, -0.1) is 36.2 Å². The molecule has 3 rings (SSSR count). The summed E-state index contributed by atoms with van der Waals surface area (Å²) < 4.78 is 0.949. The van der Waals surface area contributed by atoms with Crippen LogP contribution in [0.1, 0.15) is 20.7 Å². The maximum atomic E-state index is 12.7. The van der Waals surface area contributed by atoms with Crippen molar-refractivity contribution in [3.8, 4) is 0 Å². The topological polar surface area (TPSA) is 64.7 Å². The fraction of sp³-hybridized carbons (Fsp3) is 0.364. The van der Waals surface area contributed by atoms with Gasteiger partial charge >= 0.3 is 0 Å². The quantitative estimate of drug-likeness (QED) is 0.513. The Bertz CT molecular complexity index is 1040. The molecule has 2 amide bonds. The van der Waals surface area contributed by atoms with Gasteiger partial charge in [-0.1, -0.05) is 6.07 Å². The Hall–Kier alpha value is -1.90. The zero-order valence-corrected chi connectivity index (χ0v) is 20.7. The number of nitrogens with one attached hydrogen (secondary N) is 2. The normalized spacial score (nSPS) is 10.8. The highest BCUT2D eigenvalue weighted by molar-refractivity contribution is 7.17. The van der Waals surface area contributed by atoms with Crippen molar-refractivity contribution < 1.29 is 9.59 Å². The van der Waals surface area contributed by atoms with Crippen LogP contribution in [0.4, 0.5) is 0 Å². The number of thiophene rings is 1. The minimum atomic E-state index is -0.0809. The van der Waals surface area contributed by atoms with Gasteiger partial charge in [0, 0.05) is 41.8 Å². The molecule has 0 saturated heterocycles. The summed E-state index contributed by atoms with van der Waals surface area (Å²) in [6.07, 6.45) is 0. The maximum Gasteiger partial charge on any atom is 0.252 e. The molecule has 6 nitrogen and oxygen atoms in total. The van der Waals surface area contributed by atoms with Crippen LogP contribution in [0.25, 0.3) is 20.9 Å². The van der Waals surface area contributed by atoms with Crippen LogP contribution in [0.15, 0.2) is 35.7 Å². The van der Waals surface area contributed by atoms with Crippen LogP contribution in [-0.4, -0.2) is 76.0 Å². The first-order valence-electron chi connectivity index (χ1n) is 9.66. The van der Waals surface area contributed by atoms with Crippen LogP contribution in [-0.2, 0) is 0 Å². The number of rotatable bonds is 8. The number of nitrogens with zero attached hydrogens (tertiary/aromatic N) is 2. The summed E-state index contributed by atoms with van der Waals surface area (Å²) in [5, 5.41) is 10.9. The first-order valence-corrected chi connectivity index (χ1v) is 10.5. The Kier molecular flexibility index (Phi) is 10.7. The van der Waals surface area contributed by atoms with E-state index in [1.165, 1.54) is 0 Å². The minimum Gasteiger partial charge on any atom is -0.351 e. The summed E-state index contributed by atoms with van der Waals surface area (Å²) in [6.45, 7) is 2.78. The Balaban J connectivity index is 0.00000240. The zero-order valence-electron chi connectivity index (χ0n) is 18.2. The summed E-state index contributed by atoms with van der Waals surface area (Å²) >= 11 is 1.55. The van der Waals surface area contributed by atoms with Crippen molar-refractivity contribution in [1.82, 2.24) is 20.4 Å². The maximum absolute atomic E-state index is 12.7. The average molecular weight is 485 g/mol. The number of benzene rings is 2. The second-order valence-electron chi connectivity index (χ2n) is 7.64. The predicted octanol–water partition coefficient (Wildman–Crippen LogP) is 3.48. The van der Waals surface area contributed by atoms with Crippen molar-refractivity contribution in [2.75, 3.05) is 54.4 Å². The summed E-state index contributed by atoms with van der Waals surface area (Å²) in [5.41, 5.74) is 1.32. The first kappa shape index (κ1) is 27.1. The van der Waals surface area contributed by atoms with Crippen molar-refractivity contribution in [2.24, 2.45) is 0 Å². The standard InChI is InChI=1S/C22H28N4O2S.2ClH/c1-25(2)10-8-23-21(27)16-6-5-15-13-19(22(28)24-9-11-26(3)4)20-17(7-12-29-20)18(15)14-16;;/h5-7,12-14H,8-11H2,1-4H3,(H,23,27)(H,24,28);2*1H. The predicted molar refractivity (Wildman–Crippen MR) is 136 cm³/mol. The highest BCUT2D eigenvalue weighted by Crippen LogP contribution is 2.33. The molecule has 0 unspecified atom stereocenters. The molecular weight excluding hydrogens is 455 g/mol. The second kappa shape index (κ2) is 12.2. The number of amides is 2. The van der Waals surface area contributed by atoms with Gasteiger partial charge in [0.05, 0.1) is 5.56 Å². The number of fused-ring (bicyclic) bond motifs is 3. The van der Waals surface area contributed by atoms with E-state index in [1.807, 2.05) is 73.7 Å². The van der Waals surface area contributed by atoms with Crippen LogP contribution in [0.2, 0.25) is 0 Å². The van der Waals surface area contributed by atoms with Crippen LogP contribution in [0.5, 0.6) is 0 Å². The molecule has 0 radical (unpaired) electrons. The number of likely N-dealkylation sites (N-methyl/N-ethyl adjacent to an activating group) is 2. The smallest absolute Gasteiger partial charge is 0.252 e. The van der Waals surface area contributed by atoms with Gasteiger partial charge in [-0.2, -0.15) is 0 Å². The van der Waals surface area contributed by atoms with Crippen molar-refractivity contribution >= 4 is 68.8 Å². The lowest BCUT2D eigenvalue weighted by Gasteiger charge is -2.13. The van der Waals surface area contributed by atoms with Gasteiger partial charge in [0.2, 0.25) is 0 Å². The number of carbonyl (C=O) groups excluding carboxylic acids is 2. The van der Waals surface area contributed by atoms with E-state index in [2.05, 4.69) is 10.6 Å². The van der Waals surface area contributed by atoms with E-state index < -0.39 is 0 Å². The lowest BCUT2D eigenvalue weighted by Crippen LogP contribution is -2.31. The summed E-state index contributed by atoms with van der Waals surface area (Å²) in [6, 6.07) is 9.60. The molecule has 31 heavy (non-hydrogen) atoms. The molecule has 0 aliphatic heterocycles. The summed E-state index contributed by atoms with van der Waals surface area (Å²) in [7, 11) is 7.91. The molecule has 1 heterocycles. The number of carbonyl (C=O) groups is 2. The molecule has 0 bridgehead atoms. The fourth-order valence-electron chi connectivity index (χ4n) is 3.16. The fourth-order valence-corrected chi connectivity index (χ4v) is 4.08. The average Bonchev–Trinajstić information content (AvgIpc) is 3.16. The molecule has 170 valence electrons. The van der Waals surface area contributed by atoms with Crippen molar-refractivity contribution in [3.63, 3.8) is 0 Å². The number of hydrogen-bond donors (Lipinski definition) is 2. The largest absolute Gasteiger partial charge is 0.351 e. The lowest BCUT2D eigenvalue weighted by atomic mass is 10.00. The molecule has 9 heteroatoms. The van der Waals surface area contributed by atoms with Crippen LogP contribution < -0.4 is 10.6 Å². The lowest BCUT2D eigenvalue weighted by molar-refractivity contribution is 0.0943. The van der Waals surface area contributed by atoms with Gasteiger partial charge in [0.15, 0.2) is 0 Å². The second-order valence-corrected chi connectivity index (χ2v) is 8.56. The van der Waals surface area contributed by atoms with Crippen molar-refractivity contribution in [3.05, 3.63) is 46.8 Å². The third-order valence-electron chi connectivity index (χ3n) is 4.75. The molecule has 0 fully saturated rings. The SMILES string of the molecule is CN(C)CCNC(=O)c1ccc2cc(C(=O)NCCN(C)C)c3sccc3c2c1.Cl.Cl. The summed E-state index contributed by atoms with van der Waals surface area (Å²) in [4.78, 5) is 29.3. The monoisotopic (exact) mass is 484 g/mol. The van der Waals surface area contributed by atoms with E-state index in [0.717, 1.165) is 33.9 Å². The zero-order chi connectivity index (χ0) is 21.0. The molecule has 0 saturated carbocycles. The van der Waals surface area contributed by atoms with Gasteiger partial charge < -0.3 is 20.4 Å². The van der Waals surface area contributed by atoms with E-state index in [0.29, 0.717) is 24.2 Å². The highest BCUT2D eigenvalue weighted by Gasteiger charge is 2.15. The Morgan fingerprint density at radius 2 is 1.45 bits per heavy atom. The molecule has 0 atom stereocenters. The Labute approximate surface area is 199 Å². The molecule has 2 aromatic carbocycles. The van der Waals surface area contributed by atoms with Gasteiger partial charge in [-0.3, -0.25) is 9.59 Å². The van der Waals surface area contributed by atoms with Crippen molar-refractivity contribution in [1.29, 1.82) is 0 Å². The number of halogens is 2. The first-order chi connectivity index (χ1) is 13.9. The third kappa shape index (κ3) is 6.79. The van der Waals surface area contributed by atoms with E-state index in [4.69, 9.17) is 0 Å². The Morgan fingerprint density at radius 3 is 2.06 bits per heavy atom. The molecule has 0 spiro atoms. The van der Waals surface area contributed by atoms with Gasteiger partial charge in [0.25, 0.3) is 11.8 Å². The molecule has 0 aliphatic carbocycles. The van der Waals surface area contributed by atoms with Gasteiger partial charge in [0.1, 0.15) is 0 Å². The van der Waals surface area contributed by atoms with Gasteiger partial charge in [-0.05, 0) is 68.6 Å². The third-order valence-corrected chi connectivity index (χ3v) is 5.70. The van der Waals surface area contributed by atoms with E-state index in [-0.39, 0.29) is 36.6 Å². The van der Waals surface area contributed by atoms with Gasteiger partial charge in [-0.25, -0.2) is 0 Å². The van der Waals surface area contributed by atoms with E-state index in [1.54, 1.807) is 11.3 Å². The Morgan fingerprint density at radius 1 is 0.839 bits per heavy atom. The van der Waals surface area contributed by atoms with E-state index in [9.17, 15) is 9.59 Å². The number of hydrogen-bond acceptors (Lipinski definition) is 5. The molecule has 0 aliphatic rings. The van der Waals surface area contributed by atoms with Crippen LogP contribution in [0, 0.1) is 0 Å².